The molecule has 1 aliphatic heterocycles. The number of rotatable bonds is 8. The van der Waals surface area contributed by atoms with Crippen molar-refractivity contribution in [3.05, 3.63) is 99.2 Å². The fourth-order valence-corrected chi connectivity index (χ4v) is 6.20. The molecule has 45 heavy (non-hydrogen) atoms. The Balaban J connectivity index is 1.25. The van der Waals surface area contributed by atoms with Crippen LogP contribution < -0.4 is 10.9 Å². The highest BCUT2D eigenvalue weighted by atomic mass is 16.5. The molecule has 1 atom stereocenters. The third kappa shape index (κ3) is 6.30. The number of nitrogens with zero attached hydrogens (tertiary/aromatic N) is 5. The Morgan fingerprint density at radius 2 is 1.96 bits per heavy atom. The number of hydrogen-bond donors (Lipinski definition) is 1. The lowest BCUT2D eigenvalue weighted by molar-refractivity contribution is -0.0212. The molecule has 1 saturated heterocycles. The van der Waals surface area contributed by atoms with Crippen LogP contribution in [0.3, 0.4) is 0 Å². The quantitative estimate of drug-likeness (QED) is 0.270. The van der Waals surface area contributed by atoms with Crippen molar-refractivity contribution in [3.63, 3.8) is 0 Å². The SMILES string of the molecule is Cc1cccnc1-c1cc(C#N)ccc1-c1cc(NC(=O)c2cc(CN3CCO[C@H](C)C3)cn(C3CC3)c2=O)nc(C2CC2)c1. The minimum absolute atomic E-state index is 0.129. The zero-order chi connectivity index (χ0) is 31.1. The highest BCUT2D eigenvalue weighted by Crippen LogP contribution is 2.42. The van der Waals surface area contributed by atoms with Gasteiger partial charge >= 0.3 is 0 Å². The number of nitriles is 1. The number of aryl methyl sites for hydroxylation is 1. The molecule has 228 valence electrons. The van der Waals surface area contributed by atoms with Crippen LogP contribution in [0.4, 0.5) is 5.82 Å². The number of ether oxygens (including phenoxy) is 1. The molecular formula is C36H36N6O3. The van der Waals surface area contributed by atoms with Gasteiger partial charge in [-0.05, 0) is 98.2 Å². The summed E-state index contributed by atoms with van der Waals surface area (Å²) in [6, 6.07) is 17.5. The molecule has 1 amide bonds. The van der Waals surface area contributed by atoms with Gasteiger partial charge in [-0.1, -0.05) is 12.1 Å². The zero-order valence-corrected chi connectivity index (χ0v) is 25.6. The average molecular weight is 601 g/mol. The summed E-state index contributed by atoms with van der Waals surface area (Å²) in [5.74, 6) is 0.265. The number of amides is 1. The van der Waals surface area contributed by atoms with Crippen molar-refractivity contribution >= 4 is 11.7 Å². The van der Waals surface area contributed by atoms with E-state index < -0.39 is 5.91 Å². The molecule has 3 aliphatic rings. The maximum Gasteiger partial charge on any atom is 0.263 e. The molecule has 9 heteroatoms. The summed E-state index contributed by atoms with van der Waals surface area (Å²) in [6.45, 7) is 7.00. The average Bonchev–Trinajstić information content (AvgIpc) is 3.96. The Hall–Kier alpha value is -4.65. The molecule has 0 radical (unpaired) electrons. The van der Waals surface area contributed by atoms with E-state index in [1.165, 1.54) is 0 Å². The van der Waals surface area contributed by atoms with Crippen LogP contribution in [0.1, 0.15) is 77.3 Å². The van der Waals surface area contributed by atoms with Gasteiger partial charge in [0.15, 0.2) is 0 Å². The molecule has 3 aromatic heterocycles. The third-order valence-corrected chi connectivity index (χ3v) is 8.82. The van der Waals surface area contributed by atoms with Gasteiger partial charge in [-0.2, -0.15) is 5.26 Å². The fraction of sp³-hybridized carbons (Fsp3) is 0.361. The summed E-state index contributed by atoms with van der Waals surface area (Å²) in [7, 11) is 0. The fourth-order valence-electron chi connectivity index (χ4n) is 6.20. The van der Waals surface area contributed by atoms with Gasteiger partial charge in [0, 0.05) is 55.2 Å². The number of benzene rings is 1. The predicted octanol–water partition coefficient (Wildman–Crippen LogP) is 5.84. The summed E-state index contributed by atoms with van der Waals surface area (Å²) in [5.41, 5.74) is 6.65. The van der Waals surface area contributed by atoms with E-state index in [4.69, 9.17) is 9.72 Å². The van der Waals surface area contributed by atoms with Crippen molar-refractivity contribution in [1.82, 2.24) is 19.4 Å². The van der Waals surface area contributed by atoms with Gasteiger partial charge in [-0.15, -0.1) is 0 Å². The van der Waals surface area contributed by atoms with Gasteiger partial charge in [-0.25, -0.2) is 4.98 Å². The number of morpholine rings is 1. The molecular weight excluding hydrogens is 564 g/mol. The van der Waals surface area contributed by atoms with Crippen LogP contribution in [-0.2, 0) is 11.3 Å². The van der Waals surface area contributed by atoms with Crippen molar-refractivity contribution in [2.45, 2.75) is 64.1 Å². The Morgan fingerprint density at radius 3 is 2.69 bits per heavy atom. The third-order valence-electron chi connectivity index (χ3n) is 8.82. The molecule has 0 bridgehead atoms. The van der Waals surface area contributed by atoms with E-state index >= 15 is 0 Å². The second-order valence-corrected chi connectivity index (χ2v) is 12.6. The van der Waals surface area contributed by atoms with Gasteiger partial charge in [0.25, 0.3) is 11.5 Å². The molecule has 0 spiro atoms. The minimum atomic E-state index is -0.460. The summed E-state index contributed by atoms with van der Waals surface area (Å²) in [6.07, 6.45) is 7.78. The first-order valence-electron chi connectivity index (χ1n) is 15.7. The predicted molar refractivity (Wildman–Crippen MR) is 172 cm³/mol. The van der Waals surface area contributed by atoms with Crippen LogP contribution in [0.2, 0.25) is 0 Å². The Morgan fingerprint density at radius 1 is 1.11 bits per heavy atom. The summed E-state index contributed by atoms with van der Waals surface area (Å²) >= 11 is 0. The van der Waals surface area contributed by atoms with Gasteiger partial charge in [0.1, 0.15) is 11.4 Å². The second kappa shape index (κ2) is 12.0. The van der Waals surface area contributed by atoms with Crippen LogP contribution in [0.25, 0.3) is 22.4 Å². The Kier molecular flexibility index (Phi) is 7.78. The zero-order valence-electron chi connectivity index (χ0n) is 25.6. The molecule has 4 heterocycles. The highest BCUT2D eigenvalue weighted by Gasteiger charge is 2.29. The van der Waals surface area contributed by atoms with Crippen LogP contribution in [-0.4, -0.2) is 51.1 Å². The largest absolute Gasteiger partial charge is 0.376 e. The number of anilines is 1. The Labute approximate surface area is 262 Å². The number of pyridine rings is 3. The van der Waals surface area contributed by atoms with E-state index in [0.717, 1.165) is 78.0 Å². The van der Waals surface area contributed by atoms with Gasteiger partial charge in [0.2, 0.25) is 0 Å². The summed E-state index contributed by atoms with van der Waals surface area (Å²) in [5, 5.41) is 12.6. The van der Waals surface area contributed by atoms with Crippen molar-refractivity contribution in [2.24, 2.45) is 0 Å². The van der Waals surface area contributed by atoms with Crippen LogP contribution in [0.15, 0.2) is 65.7 Å². The normalized spacial score (nSPS) is 18.4. The van der Waals surface area contributed by atoms with Crippen LogP contribution >= 0.6 is 0 Å². The molecule has 3 fully saturated rings. The van der Waals surface area contributed by atoms with E-state index in [1.54, 1.807) is 22.9 Å². The van der Waals surface area contributed by atoms with Gasteiger partial charge < -0.3 is 14.6 Å². The molecule has 1 aromatic carbocycles. The lowest BCUT2D eigenvalue weighted by Gasteiger charge is -2.31. The number of hydrogen-bond acceptors (Lipinski definition) is 7. The minimum Gasteiger partial charge on any atom is -0.376 e. The van der Waals surface area contributed by atoms with E-state index in [2.05, 4.69) is 34.3 Å². The summed E-state index contributed by atoms with van der Waals surface area (Å²) in [4.78, 5) is 39.2. The molecule has 7 rings (SSSR count). The maximum absolute atomic E-state index is 13.8. The first-order chi connectivity index (χ1) is 21.9. The highest BCUT2D eigenvalue weighted by molar-refractivity contribution is 6.04. The van der Waals surface area contributed by atoms with E-state index in [9.17, 15) is 14.9 Å². The smallest absolute Gasteiger partial charge is 0.263 e. The van der Waals surface area contributed by atoms with Crippen LogP contribution in [0.5, 0.6) is 0 Å². The molecule has 2 aliphatic carbocycles. The van der Waals surface area contributed by atoms with Crippen molar-refractivity contribution in [2.75, 3.05) is 25.0 Å². The second-order valence-electron chi connectivity index (χ2n) is 12.6. The topological polar surface area (TPSA) is 113 Å². The van der Waals surface area contributed by atoms with E-state index in [-0.39, 0.29) is 23.3 Å². The first-order valence-corrected chi connectivity index (χ1v) is 15.7. The van der Waals surface area contributed by atoms with Crippen molar-refractivity contribution in [3.8, 4) is 28.5 Å². The molecule has 2 saturated carbocycles. The lowest BCUT2D eigenvalue weighted by atomic mass is 9.93. The molecule has 9 nitrogen and oxygen atoms in total. The standard InChI is InChI=1S/C36H36N6O3/c1-22-4-3-11-38-34(22)30-14-24(18-37)5-10-29(30)27-16-32(26-6-7-26)39-33(17-27)40-35(43)31-15-25(20-41-12-13-45-23(2)19-41)21-42(36(31)44)28-8-9-28/h3-5,10-11,14-17,21,23,26,28H,6-9,12-13,19-20H2,1-2H3,(H,39,40,43)/t23-/m1/s1. The first kappa shape index (κ1) is 29.1. The van der Waals surface area contributed by atoms with Crippen molar-refractivity contribution < 1.29 is 9.53 Å². The summed E-state index contributed by atoms with van der Waals surface area (Å²) < 4.78 is 7.44. The molecule has 4 aromatic rings. The van der Waals surface area contributed by atoms with E-state index in [0.29, 0.717) is 30.5 Å². The Bertz CT molecular complexity index is 1880. The monoisotopic (exact) mass is 600 g/mol. The van der Waals surface area contributed by atoms with Crippen LogP contribution in [0, 0.1) is 18.3 Å². The number of nitrogens with one attached hydrogen (secondary N) is 1. The maximum atomic E-state index is 13.8. The van der Waals surface area contributed by atoms with Crippen molar-refractivity contribution in [1.29, 1.82) is 5.26 Å². The molecule has 1 N–H and O–H groups in total. The molecule has 0 unspecified atom stereocenters. The number of carbonyl (C=O) groups is 1. The van der Waals surface area contributed by atoms with Gasteiger partial charge in [0.05, 0.1) is 30.0 Å². The van der Waals surface area contributed by atoms with Gasteiger partial charge in [-0.3, -0.25) is 19.5 Å². The number of carbonyl (C=O) groups excluding carboxylic acids is 1. The number of aromatic nitrogens is 3. The van der Waals surface area contributed by atoms with E-state index in [1.807, 2.05) is 43.5 Å². The lowest BCUT2D eigenvalue weighted by Crippen LogP contribution is -2.40.